The van der Waals surface area contributed by atoms with Crippen molar-refractivity contribution in [3.8, 4) is 11.5 Å². The summed E-state index contributed by atoms with van der Waals surface area (Å²) >= 11 is 5.99. The Bertz CT molecular complexity index is 1100. The highest BCUT2D eigenvalue weighted by atomic mass is 35.5. The molecule has 0 saturated carbocycles. The van der Waals surface area contributed by atoms with E-state index in [1.165, 1.54) is 12.7 Å². The predicted octanol–water partition coefficient (Wildman–Crippen LogP) is 3.64. The van der Waals surface area contributed by atoms with Gasteiger partial charge in [-0.2, -0.15) is 10.2 Å². The van der Waals surface area contributed by atoms with Crippen molar-refractivity contribution in [2.45, 2.75) is 31.5 Å². The monoisotopic (exact) mass is 424 g/mol. The van der Waals surface area contributed by atoms with Gasteiger partial charge < -0.3 is 9.84 Å². The van der Waals surface area contributed by atoms with Crippen LogP contribution in [0.15, 0.2) is 73.8 Å². The molecule has 0 radical (unpaired) electrons. The fourth-order valence-corrected chi connectivity index (χ4v) is 3.50. The van der Waals surface area contributed by atoms with Crippen LogP contribution in [-0.4, -0.2) is 34.6 Å². The number of benzene rings is 2. The van der Waals surface area contributed by atoms with E-state index in [2.05, 4.69) is 20.2 Å². The van der Waals surface area contributed by atoms with E-state index >= 15 is 0 Å². The molecule has 8 nitrogen and oxygen atoms in total. The Morgan fingerprint density at radius 2 is 1.67 bits per heavy atom. The second kappa shape index (κ2) is 7.89. The van der Waals surface area contributed by atoms with E-state index < -0.39 is 11.1 Å². The maximum Gasteiger partial charge on any atom is 0.137 e. The number of hydrogen-bond donors (Lipinski definition) is 1. The summed E-state index contributed by atoms with van der Waals surface area (Å²) in [7, 11) is 0. The van der Waals surface area contributed by atoms with Gasteiger partial charge in [0.2, 0.25) is 0 Å². The van der Waals surface area contributed by atoms with Crippen LogP contribution < -0.4 is 4.74 Å². The number of halogens is 1. The second-order valence-electron chi connectivity index (χ2n) is 7.40. The number of hydrogen-bond acceptors (Lipinski definition) is 6. The summed E-state index contributed by atoms with van der Waals surface area (Å²) < 4.78 is 9.34. The van der Waals surface area contributed by atoms with E-state index in [0.717, 1.165) is 0 Å². The zero-order chi connectivity index (χ0) is 21.2. The quantitative estimate of drug-likeness (QED) is 0.487. The van der Waals surface area contributed by atoms with Crippen molar-refractivity contribution in [3.63, 3.8) is 0 Å². The van der Waals surface area contributed by atoms with Gasteiger partial charge >= 0.3 is 0 Å². The van der Waals surface area contributed by atoms with Gasteiger partial charge in [0, 0.05) is 10.6 Å². The minimum atomic E-state index is -1.47. The number of nitrogens with zero attached hydrogens (tertiary/aromatic N) is 6. The van der Waals surface area contributed by atoms with Crippen LogP contribution in [0.1, 0.15) is 19.4 Å². The Hall–Kier alpha value is -3.23. The third-order valence-corrected chi connectivity index (χ3v) is 5.49. The molecule has 2 heterocycles. The molecular formula is C21H21ClN6O2. The average Bonchev–Trinajstić information content (AvgIpc) is 3.44. The molecule has 0 aliphatic rings. The molecule has 1 N–H and O–H groups in total. The van der Waals surface area contributed by atoms with Gasteiger partial charge in [-0.1, -0.05) is 29.8 Å². The zero-order valence-electron chi connectivity index (χ0n) is 16.6. The first kappa shape index (κ1) is 20.1. The highest BCUT2D eigenvalue weighted by molar-refractivity contribution is 6.30. The molecule has 0 aliphatic heterocycles. The lowest BCUT2D eigenvalue weighted by atomic mass is 9.76. The van der Waals surface area contributed by atoms with E-state index in [0.29, 0.717) is 22.1 Å². The van der Waals surface area contributed by atoms with Crippen LogP contribution >= 0.6 is 11.6 Å². The van der Waals surface area contributed by atoms with Crippen molar-refractivity contribution in [2.75, 3.05) is 0 Å². The number of aliphatic hydroxyl groups is 1. The Kier molecular flexibility index (Phi) is 5.27. The van der Waals surface area contributed by atoms with Crippen LogP contribution in [0.4, 0.5) is 0 Å². The number of aromatic nitrogens is 6. The lowest BCUT2D eigenvalue weighted by Gasteiger charge is -2.43. The molecule has 0 spiro atoms. The first-order valence-electron chi connectivity index (χ1n) is 9.33. The van der Waals surface area contributed by atoms with Gasteiger partial charge in [-0.15, -0.1) is 0 Å². The van der Waals surface area contributed by atoms with Gasteiger partial charge in [0.25, 0.3) is 0 Å². The van der Waals surface area contributed by atoms with Crippen molar-refractivity contribution >= 4 is 11.6 Å². The summed E-state index contributed by atoms with van der Waals surface area (Å²) in [5.74, 6) is 1.11. The number of para-hydroxylation sites is 1. The Morgan fingerprint density at radius 3 is 2.33 bits per heavy atom. The molecule has 154 valence electrons. The molecule has 0 amide bonds. The Balaban J connectivity index is 1.82. The smallest absolute Gasteiger partial charge is 0.137 e. The highest BCUT2D eigenvalue weighted by Gasteiger charge is 2.49. The van der Waals surface area contributed by atoms with Gasteiger partial charge in [-0.3, -0.25) is 0 Å². The van der Waals surface area contributed by atoms with E-state index in [-0.39, 0.29) is 6.54 Å². The summed E-state index contributed by atoms with van der Waals surface area (Å²) in [6.07, 6.45) is 6.01. The summed E-state index contributed by atoms with van der Waals surface area (Å²) in [6.45, 7) is 3.90. The normalized spacial score (nSPS) is 13.7. The Labute approximate surface area is 178 Å². The molecule has 2 aromatic heterocycles. The largest absolute Gasteiger partial charge is 0.457 e. The van der Waals surface area contributed by atoms with Gasteiger partial charge in [0.1, 0.15) is 42.4 Å². The molecule has 30 heavy (non-hydrogen) atoms. The first-order chi connectivity index (χ1) is 14.4. The van der Waals surface area contributed by atoms with Gasteiger partial charge in [0.15, 0.2) is 0 Å². The van der Waals surface area contributed by atoms with Crippen molar-refractivity contribution in [1.29, 1.82) is 0 Å². The third-order valence-electron chi connectivity index (χ3n) is 5.24. The van der Waals surface area contributed by atoms with Crippen LogP contribution in [0.3, 0.4) is 0 Å². The van der Waals surface area contributed by atoms with Crippen molar-refractivity contribution < 1.29 is 9.84 Å². The molecule has 1 unspecified atom stereocenters. The molecular weight excluding hydrogens is 404 g/mol. The molecule has 4 aromatic rings. The molecule has 1 atom stereocenters. The fourth-order valence-electron chi connectivity index (χ4n) is 3.37. The standard InChI is InChI=1S/C21H21ClN6O2/c1-20(2,28-15-24-13-26-28)21(29,11-27-14-23-12-25-27)18-5-3-4-6-19(18)30-17-9-7-16(22)8-10-17/h3-10,12-15,29H,11H2,1-2H3. The van der Waals surface area contributed by atoms with E-state index in [9.17, 15) is 5.11 Å². The molecule has 0 saturated heterocycles. The van der Waals surface area contributed by atoms with Crippen LogP contribution in [0.25, 0.3) is 0 Å². The number of rotatable bonds is 7. The summed E-state index contributed by atoms with van der Waals surface area (Å²) in [5, 5.41) is 21.3. The molecule has 0 aliphatic carbocycles. The van der Waals surface area contributed by atoms with Gasteiger partial charge in [0.05, 0.1) is 12.1 Å². The predicted molar refractivity (Wildman–Crippen MR) is 111 cm³/mol. The van der Waals surface area contributed by atoms with E-state index in [4.69, 9.17) is 16.3 Å². The van der Waals surface area contributed by atoms with Crippen LogP contribution in [0.5, 0.6) is 11.5 Å². The van der Waals surface area contributed by atoms with Crippen LogP contribution in [-0.2, 0) is 17.7 Å². The van der Waals surface area contributed by atoms with Crippen LogP contribution in [0.2, 0.25) is 5.02 Å². The molecule has 4 rings (SSSR count). The van der Waals surface area contributed by atoms with E-state index in [1.54, 1.807) is 46.3 Å². The summed E-state index contributed by atoms with van der Waals surface area (Å²) in [5.41, 5.74) is -1.80. The lowest BCUT2D eigenvalue weighted by molar-refractivity contribution is -0.0872. The summed E-state index contributed by atoms with van der Waals surface area (Å²) in [6, 6.07) is 14.4. The van der Waals surface area contributed by atoms with Crippen LogP contribution in [0, 0.1) is 0 Å². The lowest BCUT2D eigenvalue weighted by Crippen LogP contribution is -2.52. The molecule has 0 bridgehead atoms. The summed E-state index contributed by atoms with van der Waals surface area (Å²) in [4.78, 5) is 8.06. The third kappa shape index (κ3) is 3.67. The minimum absolute atomic E-state index is 0.126. The van der Waals surface area contributed by atoms with Gasteiger partial charge in [-0.05, 0) is 44.2 Å². The zero-order valence-corrected chi connectivity index (χ0v) is 17.3. The van der Waals surface area contributed by atoms with Crippen molar-refractivity contribution in [3.05, 3.63) is 84.4 Å². The van der Waals surface area contributed by atoms with Gasteiger partial charge in [-0.25, -0.2) is 19.3 Å². The first-order valence-corrected chi connectivity index (χ1v) is 9.71. The molecule has 0 fully saturated rings. The molecule has 2 aromatic carbocycles. The SMILES string of the molecule is CC(C)(n1cncn1)C(O)(Cn1cncn1)c1ccccc1Oc1ccc(Cl)cc1. The number of ether oxygens (including phenoxy) is 1. The topological polar surface area (TPSA) is 90.9 Å². The maximum absolute atomic E-state index is 12.2. The Morgan fingerprint density at radius 1 is 0.967 bits per heavy atom. The minimum Gasteiger partial charge on any atom is -0.457 e. The second-order valence-corrected chi connectivity index (χ2v) is 7.84. The van der Waals surface area contributed by atoms with Crippen molar-refractivity contribution in [1.82, 2.24) is 29.5 Å². The average molecular weight is 425 g/mol. The maximum atomic E-state index is 12.2. The van der Waals surface area contributed by atoms with E-state index in [1.807, 2.05) is 38.1 Å². The molecule has 9 heteroatoms. The fraction of sp³-hybridized carbons (Fsp3) is 0.238. The van der Waals surface area contributed by atoms with Crippen molar-refractivity contribution in [2.24, 2.45) is 0 Å². The highest BCUT2D eigenvalue weighted by Crippen LogP contribution is 2.44.